The summed E-state index contributed by atoms with van der Waals surface area (Å²) < 4.78 is 5.21. The predicted molar refractivity (Wildman–Crippen MR) is 111 cm³/mol. The number of likely N-dealkylation sites (N-methyl/N-ethyl adjacent to an activating group) is 1. The van der Waals surface area contributed by atoms with Gasteiger partial charge >= 0.3 is 12.1 Å². The lowest BCUT2D eigenvalue weighted by Crippen LogP contribution is -2.55. The van der Waals surface area contributed by atoms with Crippen LogP contribution in [0.25, 0.3) is 0 Å². The first-order chi connectivity index (χ1) is 14.1. The van der Waals surface area contributed by atoms with Crippen molar-refractivity contribution in [1.29, 1.82) is 0 Å². The molecule has 0 aromatic heterocycles. The van der Waals surface area contributed by atoms with Crippen molar-refractivity contribution < 1.29 is 24.0 Å². The van der Waals surface area contributed by atoms with Crippen LogP contribution in [0.4, 0.5) is 9.59 Å². The molecule has 1 heterocycles. The zero-order valence-corrected chi connectivity index (χ0v) is 17.9. The molecule has 1 aliphatic heterocycles. The molecule has 0 fully saturated rings. The molecule has 164 valence electrons. The molecule has 1 atom stereocenters. The average molecular weight is 418 g/mol. The lowest BCUT2D eigenvalue weighted by atomic mass is 10.1. The van der Waals surface area contributed by atoms with Gasteiger partial charge in [0.25, 0.3) is 0 Å². The van der Waals surface area contributed by atoms with Gasteiger partial charge in [0.2, 0.25) is 5.91 Å². The molecule has 1 aliphatic rings. The lowest BCUT2D eigenvalue weighted by Gasteiger charge is -2.38. The van der Waals surface area contributed by atoms with Gasteiger partial charge in [0.1, 0.15) is 18.2 Å². The minimum atomic E-state index is -0.879. The highest BCUT2D eigenvalue weighted by Gasteiger charge is 2.36. The summed E-state index contributed by atoms with van der Waals surface area (Å²) in [6.45, 7) is 7.71. The highest BCUT2D eigenvalue weighted by Crippen LogP contribution is 2.23. The van der Waals surface area contributed by atoms with Crippen molar-refractivity contribution in [2.75, 3.05) is 13.1 Å². The quantitative estimate of drug-likeness (QED) is 0.673. The number of carbonyl (C=O) groups excluding carboxylic acids is 3. The number of nitrogens with zero attached hydrogens (tertiary/aromatic N) is 2. The van der Waals surface area contributed by atoms with Gasteiger partial charge in [-0.3, -0.25) is 9.63 Å². The standard InChI is InChI=1S/C21H30N4O5/c1-5-24-17(18(22)26)13-16(11-12-23-19(27)30-21(2,3)4)25(20(24)28)29-14-15-9-7-6-8-10-15/h6-10,13,17H,5,11-12,14H2,1-4H3,(H2,22,26)(H,23,27)/t17-/m0/s1. The Morgan fingerprint density at radius 3 is 2.43 bits per heavy atom. The van der Waals surface area contributed by atoms with Crippen LogP contribution in [0.3, 0.4) is 0 Å². The third kappa shape index (κ3) is 6.48. The lowest BCUT2D eigenvalue weighted by molar-refractivity contribution is -0.131. The Morgan fingerprint density at radius 2 is 1.87 bits per heavy atom. The van der Waals surface area contributed by atoms with Crippen molar-refractivity contribution >= 4 is 18.0 Å². The second kappa shape index (κ2) is 10.1. The van der Waals surface area contributed by atoms with Crippen LogP contribution in [0, 0.1) is 0 Å². The van der Waals surface area contributed by atoms with Crippen molar-refractivity contribution in [2.45, 2.75) is 52.4 Å². The number of rotatable bonds is 8. The van der Waals surface area contributed by atoms with Crippen molar-refractivity contribution in [3.63, 3.8) is 0 Å². The first-order valence-corrected chi connectivity index (χ1v) is 9.86. The molecular weight excluding hydrogens is 388 g/mol. The minimum absolute atomic E-state index is 0.169. The zero-order chi connectivity index (χ0) is 22.3. The van der Waals surface area contributed by atoms with Gasteiger partial charge in [-0.05, 0) is 39.3 Å². The van der Waals surface area contributed by atoms with Crippen LogP contribution in [0.1, 0.15) is 39.7 Å². The fourth-order valence-corrected chi connectivity index (χ4v) is 2.91. The number of nitrogens with two attached hydrogens (primary N) is 1. The molecule has 3 N–H and O–H groups in total. The van der Waals surface area contributed by atoms with E-state index in [2.05, 4.69) is 5.32 Å². The molecule has 0 saturated carbocycles. The van der Waals surface area contributed by atoms with Crippen molar-refractivity contribution in [3.8, 4) is 0 Å². The number of alkyl carbamates (subject to hydrolysis) is 1. The molecule has 0 saturated heterocycles. The second-order valence-electron chi connectivity index (χ2n) is 7.81. The van der Waals surface area contributed by atoms with E-state index in [1.165, 1.54) is 4.90 Å². The summed E-state index contributed by atoms with van der Waals surface area (Å²) in [6, 6.07) is 8.04. The second-order valence-corrected chi connectivity index (χ2v) is 7.81. The molecule has 2 rings (SSSR count). The van der Waals surface area contributed by atoms with E-state index in [1.54, 1.807) is 33.8 Å². The van der Waals surface area contributed by atoms with E-state index in [1.807, 2.05) is 30.3 Å². The number of hydrogen-bond acceptors (Lipinski definition) is 5. The van der Waals surface area contributed by atoms with Crippen molar-refractivity contribution in [2.24, 2.45) is 5.73 Å². The van der Waals surface area contributed by atoms with Crippen LogP contribution in [0.5, 0.6) is 0 Å². The third-order valence-electron chi connectivity index (χ3n) is 4.25. The SMILES string of the molecule is CCN1C(=O)N(OCc2ccccc2)C(CCNC(=O)OC(C)(C)C)=C[C@H]1C(N)=O. The fraction of sp³-hybridized carbons (Fsp3) is 0.476. The summed E-state index contributed by atoms with van der Waals surface area (Å²) in [7, 11) is 0. The number of carbonyl (C=O) groups is 3. The Labute approximate surface area is 176 Å². The van der Waals surface area contributed by atoms with E-state index in [9.17, 15) is 14.4 Å². The largest absolute Gasteiger partial charge is 0.444 e. The monoisotopic (exact) mass is 418 g/mol. The Balaban J connectivity index is 2.13. The van der Waals surface area contributed by atoms with Crippen LogP contribution in [-0.2, 0) is 21.0 Å². The number of urea groups is 1. The first-order valence-electron chi connectivity index (χ1n) is 9.86. The zero-order valence-electron chi connectivity index (χ0n) is 17.9. The molecule has 1 aromatic rings. The number of hydrogen-bond donors (Lipinski definition) is 2. The van der Waals surface area contributed by atoms with Gasteiger partial charge < -0.3 is 20.7 Å². The van der Waals surface area contributed by atoms with Gasteiger partial charge in [-0.2, -0.15) is 5.06 Å². The Hall–Kier alpha value is -3.07. The van der Waals surface area contributed by atoms with Crippen LogP contribution >= 0.6 is 0 Å². The molecule has 0 bridgehead atoms. The molecule has 0 radical (unpaired) electrons. The highest BCUT2D eigenvalue weighted by molar-refractivity contribution is 5.89. The topological polar surface area (TPSA) is 114 Å². The normalized spacial score (nSPS) is 16.9. The van der Waals surface area contributed by atoms with Crippen LogP contribution in [0.15, 0.2) is 42.1 Å². The van der Waals surface area contributed by atoms with Gasteiger partial charge in [-0.25, -0.2) is 9.59 Å². The van der Waals surface area contributed by atoms with Crippen molar-refractivity contribution in [3.05, 3.63) is 47.7 Å². The molecular formula is C21H30N4O5. The van der Waals surface area contributed by atoms with E-state index in [0.717, 1.165) is 10.6 Å². The highest BCUT2D eigenvalue weighted by atomic mass is 16.7. The van der Waals surface area contributed by atoms with Gasteiger partial charge in [0, 0.05) is 19.5 Å². The van der Waals surface area contributed by atoms with Crippen molar-refractivity contribution in [1.82, 2.24) is 15.3 Å². The fourth-order valence-electron chi connectivity index (χ4n) is 2.91. The minimum Gasteiger partial charge on any atom is -0.444 e. The van der Waals surface area contributed by atoms with Gasteiger partial charge in [0.05, 0.1) is 5.70 Å². The average Bonchev–Trinajstić information content (AvgIpc) is 2.66. The summed E-state index contributed by atoms with van der Waals surface area (Å²) in [5, 5.41) is 3.80. The number of primary amides is 1. The number of nitrogens with one attached hydrogen (secondary N) is 1. The van der Waals surface area contributed by atoms with Gasteiger partial charge in [0.15, 0.2) is 0 Å². The van der Waals surface area contributed by atoms with E-state index < -0.39 is 29.7 Å². The molecule has 0 unspecified atom stereocenters. The van der Waals surface area contributed by atoms with E-state index in [0.29, 0.717) is 5.70 Å². The molecule has 30 heavy (non-hydrogen) atoms. The summed E-state index contributed by atoms with van der Waals surface area (Å²) in [4.78, 5) is 43.8. The summed E-state index contributed by atoms with van der Waals surface area (Å²) >= 11 is 0. The summed E-state index contributed by atoms with van der Waals surface area (Å²) in [6.07, 6.45) is 1.28. The first kappa shape index (κ1) is 23.2. The maximum absolute atomic E-state index is 13.0. The maximum atomic E-state index is 13.0. The van der Waals surface area contributed by atoms with E-state index in [4.69, 9.17) is 15.3 Å². The molecule has 9 heteroatoms. The summed E-state index contributed by atoms with van der Waals surface area (Å²) in [5.41, 5.74) is 6.20. The van der Waals surface area contributed by atoms with Crippen LogP contribution in [-0.4, -0.2) is 52.7 Å². The number of ether oxygens (including phenoxy) is 1. The summed E-state index contributed by atoms with van der Waals surface area (Å²) in [5.74, 6) is -0.634. The molecule has 1 aromatic carbocycles. The van der Waals surface area contributed by atoms with Crippen LogP contribution in [0.2, 0.25) is 0 Å². The van der Waals surface area contributed by atoms with Gasteiger partial charge in [-0.15, -0.1) is 0 Å². The Bertz CT molecular complexity index is 788. The molecule has 0 spiro atoms. The number of hydroxylamine groups is 2. The molecule has 4 amide bonds. The number of amides is 4. The van der Waals surface area contributed by atoms with E-state index >= 15 is 0 Å². The third-order valence-corrected chi connectivity index (χ3v) is 4.25. The predicted octanol–water partition coefficient (Wildman–Crippen LogP) is 2.53. The Kier molecular flexibility index (Phi) is 7.82. The van der Waals surface area contributed by atoms with E-state index in [-0.39, 0.29) is 26.1 Å². The Morgan fingerprint density at radius 1 is 1.20 bits per heavy atom. The number of benzene rings is 1. The molecule has 0 aliphatic carbocycles. The maximum Gasteiger partial charge on any atom is 0.407 e. The van der Waals surface area contributed by atoms with Crippen LogP contribution < -0.4 is 11.1 Å². The van der Waals surface area contributed by atoms with Gasteiger partial charge in [-0.1, -0.05) is 30.3 Å². The smallest absolute Gasteiger partial charge is 0.407 e. The molecule has 9 nitrogen and oxygen atoms in total.